The number of fused-ring (bicyclic) bond motifs is 1. The van der Waals surface area contributed by atoms with E-state index in [9.17, 15) is 4.79 Å². The van der Waals surface area contributed by atoms with E-state index < -0.39 is 8.07 Å². The van der Waals surface area contributed by atoms with Crippen molar-refractivity contribution in [1.29, 1.82) is 0 Å². The lowest BCUT2D eigenvalue weighted by Crippen LogP contribution is -2.44. The molecule has 2 aromatic heterocycles. The Kier molecular flexibility index (Phi) is 9.70. The zero-order valence-corrected chi connectivity index (χ0v) is 29.5. The third-order valence-corrected chi connectivity index (χ3v) is 16.1. The fourth-order valence-electron chi connectivity index (χ4n) is 7.17. The average Bonchev–Trinajstić information content (AvgIpc) is 3.39. The number of likely N-dealkylation sites (N-methyl/N-ethyl adjacent to an activating group) is 1. The van der Waals surface area contributed by atoms with Crippen LogP contribution in [-0.2, 0) is 0 Å². The Morgan fingerprint density at radius 1 is 0.933 bits per heavy atom. The lowest BCUT2D eigenvalue weighted by molar-refractivity contribution is 0.251. The van der Waals surface area contributed by atoms with Gasteiger partial charge in [0, 0.05) is 55.9 Å². The zero-order valence-electron chi connectivity index (χ0n) is 28.5. The topological polar surface area (TPSA) is 89.5 Å². The van der Waals surface area contributed by atoms with Gasteiger partial charge in [-0.25, -0.2) is 14.8 Å². The molecule has 0 aliphatic carbocycles. The second-order valence-electron chi connectivity index (χ2n) is 13.9. The first-order valence-electron chi connectivity index (χ1n) is 16.5. The SMILES string of the molecule is CC(C)[C@H]1CNC(=O)N1c1cc(C#C[Si](C(C)C)(C(C)C)C(C)C)c2cnc(Nc3ccc(N4CCN(C)CC4)cc3)nc2n1. The predicted molar refractivity (Wildman–Crippen MR) is 189 cm³/mol. The molecule has 3 aromatic rings. The van der Waals surface area contributed by atoms with Gasteiger partial charge in [0.05, 0.1) is 11.4 Å². The van der Waals surface area contributed by atoms with Gasteiger partial charge in [0.1, 0.15) is 13.9 Å². The summed E-state index contributed by atoms with van der Waals surface area (Å²) in [6.45, 7) is 22.9. The molecular weight excluding hydrogens is 577 g/mol. The summed E-state index contributed by atoms with van der Waals surface area (Å²) in [6, 6.07) is 10.2. The molecule has 2 fully saturated rings. The van der Waals surface area contributed by atoms with E-state index in [0.29, 0.717) is 40.6 Å². The molecule has 0 bridgehead atoms. The first-order chi connectivity index (χ1) is 21.4. The Bertz CT molecular complexity index is 1550. The second-order valence-corrected chi connectivity index (χ2v) is 19.5. The van der Waals surface area contributed by atoms with Gasteiger partial charge in [-0.05, 0) is 59.9 Å². The molecule has 5 rings (SSSR count). The van der Waals surface area contributed by atoms with Crippen molar-refractivity contribution in [3.63, 3.8) is 0 Å². The highest BCUT2D eigenvalue weighted by atomic mass is 28.3. The van der Waals surface area contributed by atoms with E-state index >= 15 is 0 Å². The van der Waals surface area contributed by atoms with Gasteiger partial charge in [0.2, 0.25) is 5.95 Å². The summed E-state index contributed by atoms with van der Waals surface area (Å²) in [7, 11) is 0.161. The lowest BCUT2D eigenvalue weighted by atomic mass is 10.0. The van der Waals surface area contributed by atoms with Crippen molar-refractivity contribution in [1.82, 2.24) is 25.2 Å². The van der Waals surface area contributed by atoms with Crippen LogP contribution in [0.25, 0.3) is 11.0 Å². The summed E-state index contributed by atoms with van der Waals surface area (Å²) in [5.41, 5.74) is 8.83. The standard InChI is InChI=1S/C35H50N8OSi/c1-23(2)31-22-37-35(44)43(31)32-20-27(14-19-45(24(3)4,25(5)6)26(7)8)30-21-36-34(40-33(30)39-32)38-28-10-12-29(13-11-28)42-17-15-41(9)16-18-42/h10-13,20-21,23-26,31H,15-18,22H2,1-9H3,(H,37,44)(H,36,38,39,40)/t31-/m1/s1. The highest BCUT2D eigenvalue weighted by Gasteiger charge is 2.42. The molecule has 0 spiro atoms. The average molecular weight is 627 g/mol. The van der Waals surface area contributed by atoms with Crippen LogP contribution in [-0.4, -0.2) is 79.8 Å². The van der Waals surface area contributed by atoms with Crippen molar-refractivity contribution in [3.8, 4) is 11.5 Å². The number of nitrogens with one attached hydrogen (secondary N) is 2. The van der Waals surface area contributed by atoms with E-state index in [1.807, 2.05) is 12.3 Å². The Balaban J connectivity index is 1.54. The molecule has 2 saturated heterocycles. The Morgan fingerprint density at radius 2 is 1.58 bits per heavy atom. The molecule has 4 heterocycles. The number of pyridine rings is 1. The third kappa shape index (κ3) is 6.65. The van der Waals surface area contributed by atoms with E-state index in [2.05, 4.69) is 119 Å². The van der Waals surface area contributed by atoms with Crippen molar-refractivity contribution in [2.45, 2.75) is 78.1 Å². The van der Waals surface area contributed by atoms with Gasteiger partial charge < -0.3 is 20.4 Å². The number of amides is 2. The van der Waals surface area contributed by atoms with Crippen LogP contribution in [0.15, 0.2) is 36.5 Å². The van der Waals surface area contributed by atoms with Crippen molar-refractivity contribution in [3.05, 3.63) is 42.1 Å². The molecule has 0 unspecified atom stereocenters. The van der Waals surface area contributed by atoms with Crippen LogP contribution in [0.4, 0.5) is 27.9 Å². The summed E-state index contributed by atoms with van der Waals surface area (Å²) in [6.07, 6.45) is 1.82. The quantitative estimate of drug-likeness (QED) is 0.214. The van der Waals surface area contributed by atoms with E-state index in [4.69, 9.17) is 15.0 Å². The molecule has 0 saturated carbocycles. The molecule has 2 amide bonds. The zero-order chi connectivity index (χ0) is 32.5. The van der Waals surface area contributed by atoms with E-state index in [-0.39, 0.29) is 18.0 Å². The number of rotatable bonds is 8. The van der Waals surface area contributed by atoms with Crippen molar-refractivity contribution >= 4 is 48.3 Å². The first-order valence-corrected chi connectivity index (χ1v) is 18.7. The Labute approximate surface area is 270 Å². The highest BCUT2D eigenvalue weighted by molar-refractivity contribution is 6.90. The van der Waals surface area contributed by atoms with E-state index in [0.717, 1.165) is 42.8 Å². The summed E-state index contributed by atoms with van der Waals surface area (Å²) >= 11 is 0. The van der Waals surface area contributed by atoms with Crippen LogP contribution < -0.4 is 20.4 Å². The normalized spacial score (nSPS) is 17.9. The van der Waals surface area contributed by atoms with Crippen LogP contribution in [0, 0.1) is 17.4 Å². The maximum Gasteiger partial charge on any atom is 0.323 e. The van der Waals surface area contributed by atoms with E-state index in [1.54, 1.807) is 4.90 Å². The van der Waals surface area contributed by atoms with Crippen LogP contribution >= 0.6 is 0 Å². The predicted octanol–water partition coefficient (Wildman–Crippen LogP) is 6.64. The van der Waals surface area contributed by atoms with Gasteiger partial charge in [0.25, 0.3) is 0 Å². The van der Waals surface area contributed by atoms with Crippen LogP contribution in [0.1, 0.15) is 61.0 Å². The molecule has 2 aliphatic rings. The highest BCUT2D eigenvalue weighted by Crippen LogP contribution is 2.41. The maximum absolute atomic E-state index is 13.1. The third-order valence-electron chi connectivity index (χ3n) is 9.85. The van der Waals surface area contributed by atoms with Crippen molar-refractivity contribution < 1.29 is 4.79 Å². The minimum absolute atomic E-state index is 0.00281. The number of nitrogens with zero attached hydrogens (tertiary/aromatic N) is 6. The lowest BCUT2D eigenvalue weighted by Gasteiger charge is -2.38. The number of piperazine rings is 1. The van der Waals surface area contributed by atoms with Gasteiger partial charge in [-0.15, -0.1) is 5.54 Å². The van der Waals surface area contributed by atoms with Gasteiger partial charge in [-0.1, -0.05) is 61.3 Å². The monoisotopic (exact) mass is 626 g/mol. The summed E-state index contributed by atoms with van der Waals surface area (Å²) in [5, 5.41) is 7.17. The number of anilines is 4. The molecule has 2 aliphatic heterocycles. The second kappa shape index (κ2) is 13.4. The van der Waals surface area contributed by atoms with Crippen LogP contribution in [0.2, 0.25) is 16.6 Å². The van der Waals surface area contributed by atoms with Gasteiger partial charge in [-0.3, -0.25) is 4.90 Å². The molecule has 0 radical (unpaired) electrons. The van der Waals surface area contributed by atoms with E-state index in [1.165, 1.54) is 5.69 Å². The molecule has 2 N–H and O–H groups in total. The van der Waals surface area contributed by atoms with Crippen LogP contribution in [0.5, 0.6) is 0 Å². The largest absolute Gasteiger partial charge is 0.369 e. The molecule has 10 heteroatoms. The number of carbonyl (C=O) groups is 1. The number of urea groups is 1. The number of hydrogen-bond acceptors (Lipinski definition) is 7. The van der Waals surface area contributed by atoms with Crippen LogP contribution in [0.3, 0.4) is 0 Å². The summed E-state index contributed by atoms with van der Waals surface area (Å²) < 4.78 is 0. The molecule has 9 nitrogen and oxygen atoms in total. The van der Waals surface area contributed by atoms with Gasteiger partial charge >= 0.3 is 6.03 Å². The Morgan fingerprint density at radius 3 is 2.18 bits per heavy atom. The summed E-state index contributed by atoms with van der Waals surface area (Å²) in [4.78, 5) is 34.1. The molecule has 1 aromatic carbocycles. The van der Waals surface area contributed by atoms with Gasteiger partial charge in [0.15, 0.2) is 5.65 Å². The molecule has 45 heavy (non-hydrogen) atoms. The molecule has 240 valence electrons. The number of benzene rings is 1. The molecule has 1 atom stereocenters. The van der Waals surface area contributed by atoms with Crippen molar-refractivity contribution in [2.75, 3.05) is 54.9 Å². The Hall–Kier alpha value is -3.68. The smallest absolute Gasteiger partial charge is 0.323 e. The fraction of sp³-hybridized carbons (Fsp3) is 0.543. The number of hydrogen-bond donors (Lipinski definition) is 2. The fourth-order valence-corrected chi connectivity index (χ4v) is 12.4. The maximum atomic E-state index is 13.1. The van der Waals surface area contributed by atoms with Crippen molar-refractivity contribution in [2.24, 2.45) is 5.92 Å². The first kappa shape index (κ1) is 32.7. The van der Waals surface area contributed by atoms with Gasteiger partial charge in [-0.2, -0.15) is 4.98 Å². The molecular formula is C35H50N8OSi. The minimum Gasteiger partial charge on any atom is -0.369 e. The number of aromatic nitrogens is 3. The number of carbonyl (C=O) groups excluding carboxylic acids is 1. The minimum atomic E-state index is -2.01. The summed E-state index contributed by atoms with van der Waals surface area (Å²) in [5.74, 6) is 4.90.